The maximum Gasteiger partial charge on any atom is 0.109 e. The van der Waals surface area contributed by atoms with Gasteiger partial charge in [0.1, 0.15) is 5.01 Å². The predicted octanol–water partition coefficient (Wildman–Crippen LogP) is 1.96. The zero-order chi connectivity index (χ0) is 11.3. The molecule has 3 nitrogen and oxygen atoms in total. The van der Waals surface area contributed by atoms with E-state index >= 15 is 0 Å². The van der Waals surface area contributed by atoms with E-state index in [0.29, 0.717) is 12.1 Å². The Balaban J connectivity index is 2.42. The lowest BCUT2D eigenvalue weighted by molar-refractivity contribution is 0.493. The summed E-state index contributed by atoms with van der Waals surface area (Å²) < 4.78 is 0. The molecule has 86 valence electrons. The Morgan fingerprint density at radius 2 is 2.20 bits per heavy atom. The van der Waals surface area contributed by atoms with Crippen molar-refractivity contribution in [2.75, 3.05) is 13.6 Å². The highest BCUT2D eigenvalue weighted by atomic mass is 32.1. The Morgan fingerprint density at radius 1 is 1.47 bits per heavy atom. The first-order chi connectivity index (χ1) is 7.17. The first kappa shape index (κ1) is 12.6. The average molecular weight is 227 g/mol. The molecule has 0 bridgehead atoms. The largest absolute Gasteiger partial charge is 0.316 e. The number of aromatic nitrogens is 1. The minimum absolute atomic E-state index is 0.353. The second kappa shape index (κ2) is 6.20. The molecule has 0 spiro atoms. The summed E-state index contributed by atoms with van der Waals surface area (Å²) in [4.78, 5) is 5.79. The Labute approximate surface area is 96.3 Å². The van der Waals surface area contributed by atoms with Crippen molar-refractivity contribution in [2.24, 2.45) is 0 Å². The van der Waals surface area contributed by atoms with Crippen LogP contribution in [0.2, 0.25) is 0 Å². The molecule has 0 saturated carbocycles. The summed E-state index contributed by atoms with van der Waals surface area (Å²) in [7, 11) is 1.98. The van der Waals surface area contributed by atoms with Gasteiger partial charge in [0, 0.05) is 23.7 Å². The molecule has 2 N–H and O–H groups in total. The molecule has 0 aromatic carbocycles. The van der Waals surface area contributed by atoms with Gasteiger partial charge < -0.3 is 10.6 Å². The standard InChI is InChI=1S/C11H21N3S/c1-5-10-7-14-11(15-10)9(3)13-6-8(2)12-4/h7-9,12-13H,5-6H2,1-4H3. The Bertz CT molecular complexity index is 285. The number of nitrogens with one attached hydrogen (secondary N) is 2. The molecule has 2 unspecified atom stereocenters. The van der Waals surface area contributed by atoms with Gasteiger partial charge in [-0.25, -0.2) is 4.98 Å². The van der Waals surface area contributed by atoms with E-state index in [1.54, 1.807) is 11.3 Å². The van der Waals surface area contributed by atoms with Gasteiger partial charge in [-0.1, -0.05) is 6.92 Å². The van der Waals surface area contributed by atoms with Crippen LogP contribution in [0.1, 0.15) is 36.7 Å². The predicted molar refractivity (Wildman–Crippen MR) is 66.4 cm³/mol. The van der Waals surface area contributed by atoms with Crippen LogP contribution < -0.4 is 10.6 Å². The third kappa shape index (κ3) is 3.89. The molecule has 0 aliphatic carbocycles. The number of nitrogens with zero attached hydrogens (tertiary/aromatic N) is 1. The fraction of sp³-hybridized carbons (Fsp3) is 0.727. The highest BCUT2D eigenvalue weighted by molar-refractivity contribution is 7.11. The number of aryl methyl sites for hydroxylation is 1. The first-order valence-electron chi connectivity index (χ1n) is 5.52. The molecule has 4 heteroatoms. The number of hydrogen-bond acceptors (Lipinski definition) is 4. The summed E-state index contributed by atoms with van der Waals surface area (Å²) in [5, 5.41) is 7.87. The van der Waals surface area contributed by atoms with E-state index in [1.807, 2.05) is 13.2 Å². The summed E-state index contributed by atoms with van der Waals surface area (Å²) >= 11 is 1.81. The average Bonchev–Trinajstić information content (AvgIpc) is 2.73. The molecule has 0 fully saturated rings. The van der Waals surface area contributed by atoms with Crippen molar-refractivity contribution in [2.45, 2.75) is 39.3 Å². The van der Waals surface area contributed by atoms with Crippen LogP contribution in [-0.4, -0.2) is 24.6 Å². The third-order valence-corrected chi connectivity index (χ3v) is 3.84. The van der Waals surface area contributed by atoms with Gasteiger partial charge in [-0.2, -0.15) is 0 Å². The molecule has 0 saturated heterocycles. The molecule has 1 aromatic heterocycles. The Hall–Kier alpha value is -0.450. The van der Waals surface area contributed by atoms with Crippen molar-refractivity contribution in [1.29, 1.82) is 0 Å². The van der Waals surface area contributed by atoms with Crippen molar-refractivity contribution in [3.63, 3.8) is 0 Å². The van der Waals surface area contributed by atoms with Crippen LogP contribution in [0.25, 0.3) is 0 Å². The number of rotatable bonds is 6. The van der Waals surface area contributed by atoms with E-state index in [4.69, 9.17) is 0 Å². The second-order valence-corrected chi connectivity index (χ2v) is 4.98. The SMILES string of the molecule is CCc1cnc(C(C)NCC(C)NC)s1. The van der Waals surface area contributed by atoms with Crippen molar-refractivity contribution in [1.82, 2.24) is 15.6 Å². The number of likely N-dealkylation sites (N-methyl/N-ethyl adjacent to an activating group) is 1. The lowest BCUT2D eigenvalue weighted by Gasteiger charge is -2.15. The normalized spacial score (nSPS) is 15.2. The quantitative estimate of drug-likeness (QED) is 0.780. The highest BCUT2D eigenvalue weighted by Crippen LogP contribution is 2.19. The van der Waals surface area contributed by atoms with E-state index in [0.717, 1.165) is 13.0 Å². The molecule has 1 heterocycles. The highest BCUT2D eigenvalue weighted by Gasteiger charge is 2.10. The van der Waals surface area contributed by atoms with E-state index in [1.165, 1.54) is 9.88 Å². The molecular formula is C11H21N3S. The first-order valence-corrected chi connectivity index (χ1v) is 6.34. The fourth-order valence-corrected chi connectivity index (χ4v) is 2.11. The molecule has 15 heavy (non-hydrogen) atoms. The third-order valence-electron chi connectivity index (χ3n) is 2.51. The van der Waals surface area contributed by atoms with Gasteiger partial charge in [-0.05, 0) is 27.3 Å². The molecule has 1 aromatic rings. The van der Waals surface area contributed by atoms with Crippen molar-refractivity contribution in [3.8, 4) is 0 Å². The number of hydrogen-bond donors (Lipinski definition) is 2. The van der Waals surface area contributed by atoms with Gasteiger partial charge in [-0.3, -0.25) is 0 Å². The van der Waals surface area contributed by atoms with E-state index in [2.05, 4.69) is 36.4 Å². The van der Waals surface area contributed by atoms with Crippen LogP contribution in [0.3, 0.4) is 0 Å². The smallest absolute Gasteiger partial charge is 0.109 e. The Kier molecular flexibility index (Phi) is 5.22. The number of thiazole rings is 1. The Morgan fingerprint density at radius 3 is 2.73 bits per heavy atom. The van der Waals surface area contributed by atoms with Gasteiger partial charge in [0.15, 0.2) is 0 Å². The lowest BCUT2D eigenvalue weighted by Crippen LogP contribution is -2.35. The van der Waals surface area contributed by atoms with Gasteiger partial charge in [-0.15, -0.1) is 11.3 Å². The van der Waals surface area contributed by atoms with Gasteiger partial charge in [0.25, 0.3) is 0 Å². The molecular weight excluding hydrogens is 206 g/mol. The molecule has 1 rings (SSSR count). The minimum Gasteiger partial charge on any atom is -0.316 e. The van der Waals surface area contributed by atoms with E-state index in [-0.39, 0.29) is 0 Å². The van der Waals surface area contributed by atoms with Crippen molar-refractivity contribution < 1.29 is 0 Å². The topological polar surface area (TPSA) is 37.0 Å². The van der Waals surface area contributed by atoms with Crippen LogP contribution in [0.5, 0.6) is 0 Å². The van der Waals surface area contributed by atoms with Crippen molar-refractivity contribution >= 4 is 11.3 Å². The van der Waals surface area contributed by atoms with Crippen LogP contribution in [0.15, 0.2) is 6.20 Å². The van der Waals surface area contributed by atoms with E-state index in [9.17, 15) is 0 Å². The maximum atomic E-state index is 4.43. The minimum atomic E-state index is 0.353. The summed E-state index contributed by atoms with van der Waals surface area (Å²) in [6.07, 6.45) is 3.07. The molecule has 0 amide bonds. The van der Waals surface area contributed by atoms with Gasteiger partial charge in [0.05, 0.1) is 6.04 Å². The monoisotopic (exact) mass is 227 g/mol. The summed E-state index contributed by atoms with van der Waals surface area (Å²) in [6, 6.07) is 0.851. The van der Waals surface area contributed by atoms with Gasteiger partial charge >= 0.3 is 0 Å². The van der Waals surface area contributed by atoms with Crippen LogP contribution in [0, 0.1) is 0 Å². The summed E-state index contributed by atoms with van der Waals surface area (Å²) in [5.74, 6) is 0. The fourth-order valence-electron chi connectivity index (χ4n) is 1.23. The lowest BCUT2D eigenvalue weighted by atomic mass is 10.3. The van der Waals surface area contributed by atoms with Crippen LogP contribution in [-0.2, 0) is 6.42 Å². The van der Waals surface area contributed by atoms with Crippen LogP contribution >= 0.6 is 11.3 Å². The van der Waals surface area contributed by atoms with E-state index < -0.39 is 0 Å². The van der Waals surface area contributed by atoms with Crippen LogP contribution in [0.4, 0.5) is 0 Å². The van der Waals surface area contributed by atoms with Gasteiger partial charge in [0.2, 0.25) is 0 Å². The summed E-state index contributed by atoms with van der Waals surface area (Å²) in [6.45, 7) is 7.47. The molecule has 0 radical (unpaired) electrons. The summed E-state index contributed by atoms with van der Waals surface area (Å²) in [5.41, 5.74) is 0. The maximum absolute atomic E-state index is 4.43. The zero-order valence-electron chi connectivity index (χ0n) is 10.0. The molecule has 0 aliphatic heterocycles. The molecule has 2 atom stereocenters. The zero-order valence-corrected chi connectivity index (χ0v) is 10.8. The van der Waals surface area contributed by atoms with Crippen molar-refractivity contribution in [3.05, 3.63) is 16.1 Å². The second-order valence-electron chi connectivity index (χ2n) is 3.84. The molecule has 0 aliphatic rings.